The van der Waals surface area contributed by atoms with Gasteiger partial charge in [-0.2, -0.15) is 0 Å². The average Bonchev–Trinajstić information content (AvgIpc) is 3.30. The van der Waals surface area contributed by atoms with Crippen LogP contribution in [0.25, 0.3) is 0 Å². The molecule has 1 atom stereocenters. The molecular weight excluding hydrogens is 390 g/mol. The number of nitrogens with zero attached hydrogens (tertiary/aromatic N) is 2. The lowest BCUT2D eigenvalue weighted by atomic mass is 10.2. The highest BCUT2D eigenvalue weighted by molar-refractivity contribution is 7.09. The second kappa shape index (κ2) is 9.27. The van der Waals surface area contributed by atoms with Crippen molar-refractivity contribution < 1.29 is 14.5 Å². The lowest BCUT2D eigenvalue weighted by Crippen LogP contribution is -2.37. The molecule has 1 unspecified atom stereocenters. The molecule has 1 fully saturated rings. The Balaban J connectivity index is 1.64. The molecule has 1 N–H and O–H groups in total. The van der Waals surface area contributed by atoms with E-state index in [2.05, 4.69) is 5.32 Å². The highest BCUT2D eigenvalue weighted by Crippen LogP contribution is 2.27. The third-order valence-corrected chi connectivity index (χ3v) is 5.42. The number of hydrogen-bond acceptors (Lipinski definition) is 6. The molecule has 1 saturated heterocycles. The summed E-state index contributed by atoms with van der Waals surface area (Å²) in [4.78, 5) is 26.1. The molecule has 1 amide bonds. The Hall–Kier alpha value is -2.00. The number of carbonyl (C=O) groups is 1. The summed E-state index contributed by atoms with van der Waals surface area (Å²) in [5, 5.41) is 15.8. The summed E-state index contributed by atoms with van der Waals surface area (Å²) >= 11 is 7.45. The van der Waals surface area contributed by atoms with Crippen LogP contribution in [-0.2, 0) is 16.1 Å². The van der Waals surface area contributed by atoms with Gasteiger partial charge in [0, 0.05) is 36.3 Å². The number of carbonyl (C=O) groups excluding carboxylic acids is 1. The van der Waals surface area contributed by atoms with Crippen LogP contribution in [0.2, 0.25) is 5.02 Å². The van der Waals surface area contributed by atoms with Crippen molar-refractivity contribution >= 4 is 40.2 Å². The van der Waals surface area contributed by atoms with Crippen LogP contribution >= 0.6 is 22.9 Å². The molecule has 0 spiro atoms. The molecule has 2 heterocycles. The zero-order valence-corrected chi connectivity index (χ0v) is 16.2. The zero-order valence-electron chi connectivity index (χ0n) is 14.6. The van der Waals surface area contributed by atoms with Crippen molar-refractivity contribution in [1.29, 1.82) is 0 Å². The number of hydrogen-bond donors (Lipinski definition) is 1. The van der Waals surface area contributed by atoms with Crippen molar-refractivity contribution in [1.82, 2.24) is 4.90 Å². The minimum Gasteiger partial charge on any atom is -0.377 e. The van der Waals surface area contributed by atoms with Crippen LogP contribution in [0.5, 0.6) is 0 Å². The van der Waals surface area contributed by atoms with Gasteiger partial charge in [0.15, 0.2) is 0 Å². The maximum Gasteiger partial charge on any atom is 0.289 e. The van der Waals surface area contributed by atoms with Gasteiger partial charge in [0.2, 0.25) is 5.91 Å². The van der Waals surface area contributed by atoms with Crippen molar-refractivity contribution in [2.24, 2.45) is 0 Å². The van der Waals surface area contributed by atoms with E-state index in [1.165, 1.54) is 17.0 Å². The minimum atomic E-state index is -0.571. The van der Waals surface area contributed by atoms with E-state index in [1.807, 2.05) is 22.4 Å². The Morgan fingerprint density at radius 1 is 1.44 bits per heavy atom. The highest BCUT2D eigenvalue weighted by atomic mass is 35.5. The van der Waals surface area contributed by atoms with E-state index in [9.17, 15) is 14.9 Å². The first kappa shape index (κ1) is 19.8. The number of thiophene rings is 1. The number of benzene rings is 1. The second-order valence-electron chi connectivity index (χ2n) is 6.36. The zero-order chi connectivity index (χ0) is 19.2. The molecule has 9 heteroatoms. The number of anilines is 1. The van der Waals surface area contributed by atoms with Crippen LogP contribution < -0.4 is 5.32 Å². The van der Waals surface area contributed by atoms with Gasteiger partial charge in [-0.1, -0.05) is 17.7 Å². The molecule has 1 aromatic heterocycles. The standard InChI is InChI=1S/C18H20ClN3O4S/c19-16-6-5-13(9-17(16)22(24)25)20-18(23)12-21(10-14-3-1-7-26-14)11-15-4-2-8-27-15/h2,4-6,8-9,14H,1,3,7,10-12H2,(H,20,23). The Kier molecular flexibility index (Phi) is 6.78. The Labute approximate surface area is 166 Å². The van der Waals surface area contributed by atoms with Gasteiger partial charge in [-0.05, 0) is 36.4 Å². The molecule has 0 radical (unpaired) electrons. The number of halogens is 1. The van der Waals surface area contributed by atoms with Crippen molar-refractivity contribution in [3.8, 4) is 0 Å². The highest BCUT2D eigenvalue weighted by Gasteiger charge is 2.22. The molecule has 0 bridgehead atoms. The summed E-state index contributed by atoms with van der Waals surface area (Å²) in [6.45, 7) is 2.27. The fourth-order valence-corrected chi connectivity index (χ4v) is 3.95. The topological polar surface area (TPSA) is 84.7 Å². The van der Waals surface area contributed by atoms with Crippen LogP contribution in [0.1, 0.15) is 17.7 Å². The molecule has 1 aromatic carbocycles. The summed E-state index contributed by atoms with van der Waals surface area (Å²) in [6.07, 6.45) is 2.17. The van der Waals surface area contributed by atoms with Gasteiger partial charge in [0.05, 0.1) is 17.6 Å². The normalized spacial score (nSPS) is 16.6. The number of amides is 1. The van der Waals surface area contributed by atoms with Gasteiger partial charge in [-0.3, -0.25) is 19.8 Å². The number of nitro benzene ring substituents is 1. The molecule has 1 aliphatic rings. The molecule has 2 aromatic rings. The predicted octanol–water partition coefficient (Wildman–Crippen LogP) is 3.93. The first-order chi connectivity index (χ1) is 13.0. The van der Waals surface area contributed by atoms with Crippen LogP contribution in [-0.4, -0.2) is 41.5 Å². The molecule has 0 saturated carbocycles. The second-order valence-corrected chi connectivity index (χ2v) is 7.79. The van der Waals surface area contributed by atoms with E-state index in [0.29, 0.717) is 18.8 Å². The summed E-state index contributed by atoms with van der Waals surface area (Å²) in [7, 11) is 0. The monoisotopic (exact) mass is 409 g/mol. The van der Waals surface area contributed by atoms with Crippen LogP contribution in [0.15, 0.2) is 35.7 Å². The van der Waals surface area contributed by atoms with Gasteiger partial charge in [0.1, 0.15) is 5.02 Å². The van der Waals surface area contributed by atoms with Crippen LogP contribution in [0.3, 0.4) is 0 Å². The molecule has 7 nitrogen and oxygen atoms in total. The van der Waals surface area contributed by atoms with Gasteiger partial charge >= 0.3 is 0 Å². The third-order valence-electron chi connectivity index (χ3n) is 4.24. The van der Waals surface area contributed by atoms with E-state index < -0.39 is 4.92 Å². The number of nitro groups is 1. The van der Waals surface area contributed by atoms with E-state index in [0.717, 1.165) is 19.4 Å². The van der Waals surface area contributed by atoms with Gasteiger partial charge < -0.3 is 10.1 Å². The number of ether oxygens (including phenoxy) is 1. The summed E-state index contributed by atoms with van der Waals surface area (Å²) < 4.78 is 5.70. The first-order valence-corrected chi connectivity index (χ1v) is 9.87. The van der Waals surface area contributed by atoms with E-state index >= 15 is 0 Å². The first-order valence-electron chi connectivity index (χ1n) is 8.61. The summed E-state index contributed by atoms with van der Waals surface area (Å²) in [6, 6.07) is 8.25. The fraction of sp³-hybridized carbons (Fsp3) is 0.389. The largest absolute Gasteiger partial charge is 0.377 e. The van der Waals surface area contributed by atoms with Crippen LogP contribution in [0.4, 0.5) is 11.4 Å². The van der Waals surface area contributed by atoms with Crippen molar-refractivity contribution in [3.05, 3.63) is 55.7 Å². The van der Waals surface area contributed by atoms with Crippen LogP contribution in [0, 0.1) is 10.1 Å². The van der Waals surface area contributed by atoms with Crippen molar-refractivity contribution in [2.75, 3.05) is 25.0 Å². The fourth-order valence-electron chi connectivity index (χ4n) is 3.02. The minimum absolute atomic E-state index is 0.0377. The SMILES string of the molecule is O=C(CN(Cc1cccs1)CC1CCCO1)Nc1ccc(Cl)c([N+](=O)[O-])c1. The van der Waals surface area contributed by atoms with E-state index in [4.69, 9.17) is 16.3 Å². The van der Waals surface area contributed by atoms with Crippen molar-refractivity contribution in [2.45, 2.75) is 25.5 Å². The van der Waals surface area contributed by atoms with Gasteiger partial charge in [-0.15, -0.1) is 11.3 Å². The molecule has 1 aliphatic heterocycles. The third kappa shape index (κ3) is 5.74. The van der Waals surface area contributed by atoms with Gasteiger partial charge in [0.25, 0.3) is 5.69 Å². The van der Waals surface area contributed by atoms with E-state index in [-0.39, 0.29) is 29.3 Å². The summed E-state index contributed by atoms with van der Waals surface area (Å²) in [5.74, 6) is -0.235. The molecule has 0 aliphatic carbocycles. The smallest absolute Gasteiger partial charge is 0.289 e. The average molecular weight is 410 g/mol. The molecule has 27 heavy (non-hydrogen) atoms. The predicted molar refractivity (Wildman–Crippen MR) is 105 cm³/mol. The Bertz CT molecular complexity index is 794. The Morgan fingerprint density at radius 3 is 2.96 bits per heavy atom. The van der Waals surface area contributed by atoms with Crippen molar-refractivity contribution in [3.63, 3.8) is 0 Å². The lowest BCUT2D eigenvalue weighted by molar-refractivity contribution is -0.384. The maximum atomic E-state index is 12.5. The number of nitrogens with one attached hydrogen (secondary N) is 1. The number of rotatable bonds is 8. The Morgan fingerprint density at radius 2 is 2.30 bits per heavy atom. The molecular formula is C18H20ClN3O4S. The lowest BCUT2D eigenvalue weighted by Gasteiger charge is -2.24. The maximum absolute atomic E-state index is 12.5. The van der Waals surface area contributed by atoms with Gasteiger partial charge in [-0.25, -0.2) is 0 Å². The quantitative estimate of drug-likeness (QED) is 0.527. The molecule has 3 rings (SSSR count). The summed E-state index contributed by atoms with van der Waals surface area (Å²) in [5.41, 5.74) is 0.119. The molecule has 144 valence electrons. The van der Waals surface area contributed by atoms with E-state index in [1.54, 1.807) is 17.4 Å².